The molecule has 0 radical (unpaired) electrons. The standard InChI is InChI=1S/C22H40B2N2O2/c1-18(26-22(28)24-20-14-10-6-3-7-11-15-20)16-17-25-21(27)23-19-12-8-4-2-5-9-13-19/h19-20,23-24H,1-17H2,(H,25,27)(H,26,28). The lowest BCUT2D eigenvalue weighted by molar-refractivity contribution is 0.258. The van der Waals surface area contributed by atoms with Gasteiger partial charge in [0.25, 0.3) is 0 Å². The largest absolute Gasteiger partial charge is 0.365 e. The van der Waals surface area contributed by atoms with E-state index in [0.717, 1.165) is 5.70 Å². The molecule has 0 aromatic heterocycles. The number of amides is 2. The van der Waals surface area contributed by atoms with Crippen molar-refractivity contribution in [1.82, 2.24) is 10.6 Å². The average Bonchev–Trinajstić information content (AvgIpc) is 2.59. The fraction of sp³-hybridized carbons (Fsp3) is 0.818. The van der Waals surface area contributed by atoms with Crippen molar-refractivity contribution in [1.29, 1.82) is 0 Å². The number of hydrogen-bond donors (Lipinski definition) is 2. The molecule has 0 aromatic rings. The van der Waals surface area contributed by atoms with E-state index in [-0.39, 0.29) is 11.6 Å². The lowest BCUT2D eigenvalue weighted by Gasteiger charge is -2.19. The molecule has 0 aliphatic heterocycles. The van der Waals surface area contributed by atoms with Crippen molar-refractivity contribution in [3.05, 3.63) is 12.3 Å². The minimum atomic E-state index is 0.0939. The second-order valence-corrected chi connectivity index (χ2v) is 9.08. The van der Waals surface area contributed by atoms with Crippen LogP contribution in [0.5, 0.6) is 0 Å². The topological polar surface area (TPSA) is 58.2 Å². The van der Waals surface area contributed by atoms with E-state index in [4.69, 9.17) is 0 Å². The van der Waals surface area contributed by atoms with E-state index < -0.39 is 0 Å². The fourth-order valence-electron chi connectivity index (χ4n) is 4.75. The third-order valence-electron chi connectivity index (χ3n) is 6.46. The van der Waals surface area contributed by atoms with Gasteiger partial charge in [-0.3, -0.25) is 9.59 Å². The monoisotopic (exact) mass is 386 g/mol. The summed E-state index contributed by atoms with van der Waals surface area (Å²) in [7, 11) is 1.27. The highest BCUT2D eigenvalue weighted by Gasteiger charge is 2.19. The quantitative estimate of drug-likeness (QED) is 0.560. The van der Waals surface area contributed by atoms with Crippen molar-refractivity contribution in [3.8, 4) is 0 Å². The van der Waals surface area contributed by atoms with Crippen LogP contribution < -0.4 is 10.6 Å². The van der Waals surface area contributed by atoms with Gasteiger partial charge in [0, 0.05) is 18.7 Å². The molecule has 0 atom stereocenters. The average molecular weight is 386 g/mol. The summed E-state index contributed by atoms with van der Waals surface area (Å²) in [6, 6.07) is 0. The molecule has 2 fully saturated rings. The second kappa shape index (κ2) is 13.9. The molecule has 2 saturated carbocycles. The molecule has 156 valence electrons. The van der Waals surface area contributed by atoms with E-state index in [2.05, 4.69) is 17.2 Å². The zero-order valence-corrected chi connectivity index (χ0v) is 17.9. The minimum absolute atomic E-state index is 0.0939. The molecule has 6 heteroatoms. The Bertz CT molecular complexity index is 483. The van der Waals surface area contributed by atoms with E-state index in [1.807, 2.05) is 0 Å². The van der Waals surface area contributed by atoms with Crippen molar-refractivity contribution in [2.45, 2.75) is 108 Å². The van der Waals surface area contributed by atoms with Gasteiger partial charge in [0.1, 0.15) is 0 Å². The molecule has 0 aromatic carbocycles. The third kappa shape index (κ3) is 10.4. The maximum Gasteiger partial charge on any atom is 0.237 e. The molecular formula is C22H40B2N2O2. The first-order chi connectivity index (χ1) is 13.6. The van der Waals surface area contributed by atoms with Crippen molar-refractivity contribution in [2.75, 3.05) is 6.54 Å². The highest BCUT2D eigenvalue weighted by Crippen LogP contribution is 2.26. The highest BCUT2D eigenvalue weighted by atomic mass is 16.1. The van der Waals surface area contributed by atoms with Crippen LogP contribution in [0.2, 0.25) is 11.6 Å². The van der Waals surface area contributed by atoms with E-state index in [1.54, 1.807) is 0 Å². The Morgan fingerprint density at radius 1 is 0.714 bits per heavy atom. The molecule has 0 saturated heterocycles. The Morgan fingerprint density at radius 3 is 1.64 bits per heavy atom. The second-order valence-electron chi connectivity index (χ2n) is 9.08. The van der Waals surface area contributed by atoms with Gasteiger partial charge >= 0.3 is 0 Å². The zero-order valence-electron chi connectivity index (χ0n) is 17.9. The molecule has 0 spiro atoms. The van der Waals surface area contributed by atoms with Gasteiger partial charge in [-0.05, 0) is 0 Å². The molecule has 0 heterocycles. The van der Waals surface area contributed by atoms with E-state index in [9.17, 15) is 9.59 Å². The Kier molecular flexibility index (Phi) is 11.5. The molecule has 2 N–H and O–H groups in total. The summed E-state index contributed by atoms with van der Waals surface area (Å²) in [5.41, 5.74) is 0.724. The van der Waals surface area contributed by atoms with Crippen LogP contribution in [-0.2, 0) is 0 Å². The summed E-state index contributed by atoms with van der Waals surface area (Å²) in [6.07, 6.45) is 18.4. The van der Waals surface area contributed by atoms with Gasteiger partial charge < -0.3 is 10.6 Å². The molecule has 4 nitrogen and oxygen atoms in total. The van der Waals surface area contributed by atoms with Crippen LogP contribution >= 0.6 is 0 Å². The smallest absolute Gasteiger partial charge is 0.237 e. The fourth-order valence-corrected chi connectivity index (χ4v) is 4.75. The van der Waals surface area contributed by atoms with Gasteiger partial charge in [0.05, 0.1) is 0 Å². The Labute approximate surface area is 173 Å². The number of hydrogen-bond acceptors (Lipinski definition) is 2. The maximum atomic E-state index is 12.3. The van der Waals surface area contributed by atoms with Crippen LogP contribution in [0.1, 0.15) is 96.3 Å². The van der Waals surface area contributed by atoms with Crippen LogP contribution in [0.3, 0.4) is 0 Å². The number of carbonyl (C=O) groups is 2. The van der Waals surface area contributed by atoms with Crippen LogP contribution in [-0.4, -0.2) is 32.7 Å². The Hall–Kier alpha value is -1.19. The lowest BCUT2D eigenvalue weighted by atomic mass is 9.59. The number of carbonyl (C=O) groups excluding carboxylic acids is 2. The van der Waals surface area contributed by atoms with Crippen molar-refractivity contribution in [3.63, 3.8) is 0 Å². The molecule has 2 aliphatic rings. The predicted molar refractivity (Wildman–Crippen MR) is 122 cm³/mol. The normalized spacial score (nSPS) is 20.0. The predicted octanol–water partition coefficient (Wildman–Crippen LogP) is 5.25. The number of nitrogens with one attached hydrogen (secondary N) is 2. The molecule has 2 rings (SSSR count). The molecule has 28 heavy (non-hydrogen) atoms. The summed E-state index contributed by atoms with van der Waals surface area (Å²) in [4.78, 5) is 24.5. The van der Waals surface area contributed by atoms with Gasteiger partial charge in [-0.2, -0.15) is 0 Å². The number of rotatable bonds is 8. The van der Waals surface area contributed by atoms with Gasteiger partial charge in [-0.1, -0.05) is 108 Å². The van der Waals surface area contributed by atoms with Gasteiger partial charge in [-0.25, -0.2) is 0 Å². The van der Waals surface area contributed by atoms with Gasteiger partial charge in [-0.15, -0.1) is 0 Å². The summed E-state index contributed by atoms with van der Waals surface area (Å²) in [5, 5.41) is 5.96. The van der Waals surface area contributed by atoms with Crippen LogP contribution in [0.4, 0.5) is 9.59 Å². The lowest BCUT2D eigenvalue weighted by Crippen LogP contribution is -2.33. The third-order valence-corrected chi connectivity index (χ3v) is 6.46. The van der Waals surface area contributed by atoms with Crippen LogP contribution in [0.15, 0.2) is 12.3 Å². The summed E-state index contributed by atoms with van der Waals surface area (Å²) in [5.74, 6) is 1.32. The Morgan fingerprint density at radius 2 is 1.14 bits per heavy atom. The first-order valence-electron chi connectivity index (χ1n) is 11.9. The maximum absolute atomic E-state index is 12.3. The van der Waals surface area contributed by atoms with Crippen LogP contribution in [0, 0.1) is 0 Å². The molecule has 0 bridgehead atoms. The molecule has 0 unspecified atom stereocenters. The summed E-state index contributed by atoms with van der Waals surface area (Å²) >= 11 is 0. The van der Waals surface area contributed by atoms with E-state index in [0.29, 0.717) is 39.2 Å². The highest BCUT2D eigenvalue weighted by molar-refractivity contribution is 6.75. The molecular weight excluding hydrogens is 346 g/mol. The molecule has 2 amide bonds. The van der Waals surface area contributed by atoms with Crippen molar-refractivity contribution in [2.24, 2.45) is 0 Å². The Balaban J connectivity index is 1.56. The SMILES string of the molecule is C=C(CCNC(=O)BC1CCCCCCC1)NC(=O)BC1CCCCCCC1. The molecule has 2 aliphatic carbocycles. The van der Waals surface area contributed by atoms with Gasteiger partial charge in [0.2, 0.25) is 14.6 Å². The summed E-state index contributed by atoms with van der Waals surface area (Å²) < 4.78 is 0. The van der Waals surface area contributed by atoms with Gasteiger partial charge in [0.15, 0.2) is 11.6 Å². The first kappa shape index (κ1) is 23.1. The van der Waals surface area contributed by atoms with Crippen molar-refractivity contribution < 1.29 is 9.59 Å². The minimum Gasteiger partial charge on any atom is -0.365 e. The summed E-state index contributed by atoms with van der Waals surface area (Å²) in [6.45, 7) is 4.54. The zero-order chi connectivity index (χ0) is 20.0. The van der Waals surface area contributed by atoms with E-state index in [1.165, 1.54) is 89.9 Å². The van der Waals surface area contributed by atoms with Crippen LogP contribution in [0.25, 0.3) is 0 Å². The van der Waals surface area contributed by atoms with Crippen molar-refractivity contribution >= 4 is 26.2 Å². The first-order valence-corrected chi connectivity index (χ1v) is 11.9. The van der Waals surface area contributed by atoms with E-state index >= 15 is 0 Å².